The molecule has 1 fully saturated rings. The molecule has 1 aromatic rings. The molecule has 3 nitrogen and oxygen atoms in total. The van der Waals surface area contributed by atoms with Gasteiger partial charge in [-0.15, -0.1) is 0 Å². The molecule has 2 rings (SSSR count). The van der Waals surface area contributed by atoms with Crippen molar-refractivity contribution in [1.29, 1.82) is 0 Å². The quantitative estimate of drug-likeness (QED) is 0.788. The summed E-state index contributed by atoms with van der Waals surface area (Å²) < 4.78 is 0. The summed E-state index contributed by atoms with van der Waals surface area (Å²) in [5.41, 5.74) is 9.46. The highest BCUT2D eigenvalue weighted by molar-refractivity contribution is 5.97. The first-order chi connectivity index (χ1) is 8.91. The van der Waals surface area contributed by atoms with E-state index in [4.69, 9.17) is 5.73 Å². The van der Waals surface area contributed by atoms with Gasteiger partial charge in [0.2, 0.25) is 0 Å². The zero-order valence-electron chi connectivity index (χ0n) is 12.4. The van der Waals surface area contributed by atoms with Crippen LogP contribution >= 0.6 is 0 Å². The Hall–Kier alpha value is -1.51. The number of likely N-dealkylation sites (tertiary alicyclic amines) is 1. The van der Waals surface area contributed by atoms with E-state index in [2.05, 4.69) is 13.8 Å². The predicted octanol–water partition coefficient (Wildman–Crippen LogP) is 3.29. The van der Waals surface area contributed by atoms with Crippen LogP contribution in [0.1, 0.15) is 54.6 Å². The molecular formula is C16H24N2O. The van der Waals surface area contributed by atoms with Crippen molar-refractivity contribution in [2.45, 2.75) is 59.0 Å². The average molecular weight is 260 g/mol. The van der Waals surface area contributed by atoms with Crippen LogP contribution in [0.4, 0.5) is 5.69 Å². The lowest BCUT2D eigenvalue weighted by Crippen LogP contribution is -2.47. The Kier molecular flexibility index (Phi) is 3.83. The fourth-order valence-electron chi connectivity index (χ4n) is 3.06. The Balaban J connectivity index is 2.35. The number of nitrogens with zero attached hydrogens (tertiary/aromatic N) is 1. The van der Waals surface area contributed by atoms with E-state index >= 15 is 0 Å². The van der Waals surface area contributed by atoms with E-state index in [1.54, 1.807) is 0 Å². The largest absolute Gasteiger partial charge is 0.398 e. The predicted molar refractivity (Wildman–Crippen MR) is 79.3 cm³/mol. The van der Waals surface area contributed by atoms with Gasteiger partial charge < -0.3 is 10.6 Å². The maximum Gasteiger partial charge on any atom is 0.254 e. The first-order valence-electron chi connectivity index (χ1n) is 7.11. The van der Waals surface area contributed by atoms with Gasteiger partial charge in [0.15, 0.2) is 0 Å². The Labute approximate surface area is 115 Å². The molecule has 1 aromatic carbocycles. The van der Waals surface area contributed by atoms with Crippen LogP contribution in [0.25, 0.3) is 0 Å². The van der Waals surface area contributed by atoms with Crippen molar-refractivity contribution < 1.29 is 4.79 Å². The molecule has 2 unspecified atom stereocenters. The van der Waals surface area contributed by atoms with Crippen molar-refractivity contribution in [1.82, 2.24) is 4.90 Å². The summed E-state index contributed by atoms with van der Waals surface area (Å²) in [6, 6.07) is 4.47. The zero-order valence-corrected chi connectivity index (χ0v) is 12.4. The smallest absolute Gasteiger partial charge is 0.254 e. The molecule has 1 aliphatic rings. The van der Waals surface area contributed by atoms with Crippen LogP contribution in [0, 0.1) is 13.8 Å². The second-order valence-corrected chi connectivity index (χ2v) is 5.87. The van der Waals surface area contributed by atoms with Crippen LogP contribution in [0.15, 0.2) is 12.1 Å². The van der Waals surface area contributed by atoms with Gasteiger partial charge in [-0.25, -0.2) is 0 Å². The fraction of sp³-hybridized carbons (Fsp3) is 0.562. The van der Waals surface area contributed by atoms with Crippen molar-refractivity contribution in [3.05, 3.63) is 28.8 Å². The number of nitrogen functional groups attached to an aromatic ring is 1. The second-order valence-electron chi connectivity index (χ2n) is 5.87. The van der Waals surface area contributed by atoms with E-state index in [1.165, 1.54) is 6.42 Å². The number of amides is 1. The summed E-state index contributed by atoms with van der Waals surface area (Å²) in [6.45, 7) is 8.24. The Bertz CT molecular complexity index is 486. The van der Waals surface area contributed by atoms with Crippen LogP contribution in [-0.4, -0.2) is 22.9 Å². The lowest BCUT2D eigenvalue weighted by molar-refractivity contribution is 0.0510. The van der Waals surface area contributed by atoms with Gasteiger partial charge in [-0.2, -0.15) is 0 Å². The minimum Gasteiger partial charge on any atom is -0.398 e. The van der Waals surface area contributed by atoms with Crippen LogP contribution in [-0.2, 0) is 0 Å². The van der Waals surface area contributed by atoms with Crippen molar-refractivity contribution in [2.24, 2.45) is 0 Å². The van der Waals surface area contributed by atoms with E-state index < -0.39 is 0 Å². The molecule has 3 heteroatoms. The van der Waals surface area contributed by atoms with E-state index in [0.717, 1.165) is 29.5 Å². The highest BCUT2D eigenvalue weighted by Gasteiger charge is 2.30. The van der Waals surface area contributed by atoms with E-state index in [9.17, 15) is 4.79 Å². The first-order valence-corrected chi connectivity index (χ1v) is 7.11. The van der Waals surface area contributed by atoms with Gasteiger partial charge in [0.1, 0.15) is 0 Å². The molecule has 1 aliphatic heterocycles. The van der Waals surface area contributed by atoms with Gasteiger partial charge in [0.25, 0.3) is 5.91 Å². The number of piperidine rings is 1. The Morgan fingerprint density at radius 3 is 2.32 bits per heavy atom. The minimum absolute atomic E-state index is 0.129. The standard InChI is InChI=1S/C16H24N2O/c1-10-8-11(2)15(17)9-14(10)16(19)18-12(3)6-5-7-13(18)4/h8-9,12-13H,5-7,17H2,1-4H3. The zero-order chi connectivity index (χ0) is 14.2. The Morgan fingerprint density at radius 1 is 1.16 bits per heavy atom. The number of benzene rings is 1. The normalized spacial score (nSPS) is 23.5. The van der Waals surface area contributed by atoms with Gasteiger partial charge >= 0.3 is 0 Å². The SMILES string of the molecule is Cc1cc(C)c(C(=O)N2C(C)CCCC2C)cc1N. The summed E-state index contributed by atoms with van der Waals surface area (Å²) in [5, 5.41) is 0. The molecule has 0 aliphatic carbocycles. The maximum atomic E-state index is 12.8. The minimum atomic E-state index is 0.129. The molecule has 2 N–H and O–H groups in total. The molecule has 0 bridgehead atoms. The number of carbonyl (C=O) groups excluding carboxylic acids is 1. The number of aryl methyl sites for hydroxylation is 2. The van der Waals surface area contributed by atoms with Gasteiger partial charge in [-0.05, 0) is 64.2 Å². The Morgan fingerprint density at radius 2 is 1.74 bits per heavy atom. The molecule has 0 radical (unpaired) electrons. The summed E-state index contributed by atoms with van der Waals surface area (Å²) in [4.78, 5) is 14.8. The molecule has 0 spiro atoms. The lowest BCUT2D eigenvalue weighted by Gasteiger charge is -2.39. The molecule has 1 heterocycles. The summed E-state index contributed by atoms with van der Waals surface area (Å²) >= 11 is 0. The van der Waals surface area contributed by atoms with Gasteiger partial charge in [0.05, 0.1) is 0 Å². The number of carbonyl (C=O) groups is 1. The molecule has 0 saturated carbocycles. The van der Waals surface area contributed by atoms with Gasteiger partial charge in [-0.3, -0.25) is 4.79 Å². The third kappa shape index (κ3) is 2.60. The van der Waals surface area contributed by atoms with Gasteiger partial charge in [0, 0.05) is 23.3 Å². The van der Waals surface area contributed by atoms with Crippen molar-refractivity contribution in [3.63, 3.8) is 0 Å². The van der Waals surface area contributed by atoms with Crippen LogP contribution in [0.2, 0.25) is 0 Å². The van der Waals surface area contributed by atoms with Crippen molar-refractivity contribution in [2.75, 3.05) is 5.73 Å². The van der Waals surface area contributed by atoms with E-state index in [1.807, 2.05) is 30.9 Å². The number of hydrogen-bond acceptors (Lipinski definition) is 2. The molecule has 2 atom stereocenters. The van der Waals surface area contributed by atoms with E-state index in [0.29, 0.717) is 17.8 Å². The number of rotatable bonds is 1. The molecular weight excluding hydrogens is 236 g/mol. The van der Waals surface area contributed by atoms with Crippen LogP contribution < -0.4 is 5.73 Å². The summed E-state index contributed by atoms with van der Waals surface area (Å²) in [5.74, 6) is 0.129. The highest BCUT2D eigenvalue weighted by Crippen LogP contribution is 2.27. The number of anilines is 1. The maximum absolute atomic E-state index is 12.8. The molecule has 0 aromatic heterocycles. The summed E-state index contributed by atoms with van der Waals surface area (Å²) in [6.07, 6.45) is 3.40. The van der Waals surface area contributed by atoms with Crippen LogP contribution in [0.3, 0.4) is 0 Å². The van der Waals surface area contributed by atoms with Crippen molar-refractivity contribution >= 4 is 11.6 Å². The molecule has 19 heavy (non-hydrogen) atoms. The van der Waals surface area contributed by atoms with Gasteiger partial charge in [-0.1, -0.05) is 6.07 Å². The average Bonchev–Trinajstić information content (AvgIpc) is 2.33. The first kappa shape index (κ1) is 13.9. The molecule has 1 amide bonds. The number of nitrogens with two attached hydrogens (primary N) is 1. The molecule has 104 valence electrons. The van der Waals surface area contributed by atoms with E-state index in [-0.39, 0.29) is 5.91 Å². The third-order valence-electron chi connectivity index (χ3n) is 4.27. The highest BCUT2D eigenvalue weighted by atomic mass is 16.2. The van der Waals surface area contributed by atoms with Crippen LogP contribution in [0.5, 0.6) is 0 Å². The molecule has 1 saturated heterocycles. The lowest BCUT2D eigenvalue weighted by atomic mass is 9.95. The fourth-order valence-corrected chi connectivity index (χ4v) is 3.06. The summed E-state index contributed by atoms with van der Waals surface area (Å²) in [7, 11) is 0. The number of hydrogen-bond donors (Lipinski definition) is 1. The second kappa shape index (κ2) is 5.24. The third-order valence-corrected chi connectivity index (χ3v) is 4.27. The van der Waals surface area contributed by atoms with Crippen molar-refractivity contribution in [3.8, 4) is 0 Å². The monoisotopic (exact) mass is 260 g/mol. The topological polar surface area (TPSA) is 46.3 Å².